The summed E-state index contributed by atoms with van der Waals surface area (Å²) in [5.74, 6) is 0.826. The lowest BCUT2D eigenvalue weighted by atomic mass is 10.3. The molecular weight excluding hydrogens is 241 g/mol. The summed E-state index contributed by atoms with van der Waals surface area (Å²) in [4.78, 5) is 4.59. The summed E-state index contributed by atoms with van der Waals surface area (Å²) >= 11 is 0. The molecule has 1 saturated carbocycles. The van der Waals surface area contributed by atoms with E-state index in [9.17, 15) is 4.39 Å². The first-order valence-corrected chi connectivity index (χ1v) is 7.05. The number of imidazole rings is 1. The SMILES string of the molecule is CC(C)n1c(CCNC2CC2)nc2cc(F)ccc21. The number of fused-ring (bicyclic) bond motifs is 1. The van der Waals surface area contributed by atoms with Gasteiger partial charge in [0, 0.05) is 31.1 Å². The first-order valence-electron chi connectivity index (χ1n) is 7.05. The number of hydrogen-bond donors (Lipinski definition) is 1. The van der Waals surface area contributed by atoms with Crippen LogP contribution in [-0.2, 0) is 6.42 Å². The highest BCUT2D eigenvalue weighted by molar-refractivity contribution is 5.76. The van der Waals surface area contributed by atoms with Crippen LogP contribution >= 0.6 is 0 Å². The van der Waals surface area contributed by atoms with Crippen molar-refractivity contribution in [3.8, 4) is 0 Å². The summed E-state index contributed by atoms with van der Waals surface area (Å²) in [5, 5.41) is 3.50. The van der Waals surface area contributed by atoms with Gasteiger partial charge in [-0.15, -0.1) is 0 Å². The lowest BCUT2D eigenvalue weighted by Gasteiger charge is -2.13. The molecule has 1 fully saturated rings. The standard InChI is InChI=1S/C15H20FN3/c1-10(2)19-14-6-3-11(16)9-13(14)18-15(19)7-8-17-12-4-5-12/h3,6,9-10,12,17H,4-5,7-8H2,1-2H3. The molecule has 1 aromatic heterocycles. The molecule has 3 rings (SSSR count). The number of aromatic nitrogens is 2. The highest BCUT2D eigenvalue weighted by Crippen LogP contribution is 2.23. The van der Waals surface area contributed by atoms with Gasteiger partial charge in [0.2, 0.25) is 0 Å². The lowest BCUT2D eigenvalue weighted by Crippen LogP contribution is -2.21. The number of halogens is 1. The Bertz CT molecular complexity index is 584. The predicted molar refractivity (Wildman–Crippen MR) is 74.8 cm³/mol. The van der Waals surface area contributed by atoms with E-state index in [4.69, 9.17) is 0 Å². The molecule has 3 nitrogen and oxygen atoms in total. The van der Waals surface area contributed by atoms with E-state index in [0.717, 1.165) is 29.8 Å². The van der Waals surface area contributed by atoms with Crippen molar-refractivity contribution in [3.05, 3.63) is 29.8 Å². The van der Waals surface area contributed by atoms with Crippen molar-refractivity contribution in [1.29, 1.82) is 0 Å². The average Bonchev–Trinajstić information content (AvgIpc) is 3.09. The molecule has 1 aliphatic rings. The van der Waals surface area contributed by atoms with Gasteiger partial charge in [0.1, 0.15) is 11.6 Å². The lowest BCUT2D eigenvalue weighted by molar-refractivity contribution is 0.568. The van der Waals surface area contributed by atoms with Gasteiger partial charge in [-0.25, -0.2) is 9.37 Å². The first-order chi connectivity index (χ1) is 9.15. The van der Waals surface area contributed by atoms with E-state index in [2.05, 4.69) is 28.7 Å². The Kier molecular flexibility index (Phi) is 3.27. The molecule has 0 saturated heterocycles. The Balaban J connectivity index is 1.89. The fourth-order valence-corrected chi connectivity index (χ4v) is 2.55. The molecule has 4 heteroatoms. The molecule has 0 amide bonds. The third-order valence-corrected chi connectivity index (χ3v) is 3.60. The van der Waals surface area contributed by atoms with E-state index in [1.54, 1.807) is 0 Å². The summed E-state index contributed by atoms with van der Waals surface area (Å²) in [6, 6.07) is 5.91. The van der Waals surface area contributed by atoms with E-state index in [1.807, 2.05) is 6.07 Å². The highest BCUT2D eigenvalue weighted by Gasteiger charge is 2.20. The van der Waals surface area contributed by atoms with Gasteiger partial charge in [-0.2, -0.15) is 0 Å². The van der Waals surface area contributed by atoms with Gasteiger partial charge in [-0.3, -0.25) is 0 Å². The molecule has 1 aliphatic carbocycles. The second kappa shape index (κ2) is 4.93. The zero-order chi connectivity index (χ0) is 13.4. The van der Waals surface area contributed by atoms with Crippen molar-refractivity contribution >= 4 is 11.0 Å². The normalized spacial score (nSPS) is 15.6. The number of nitrogens with zero attached hydrogens (tertiary/aromatic N) is 2. The molecule has 0 aliphatic heterocycles. The largest absolute Gasteiger partial charge is 0.325 e. The predicted octanol–water partition coefficient (Wildman–Crippen LogP) is 3.05. The van der Waals surface area contributed by atoms with E-state index in [0.29, 0.717) is 12.1 Å². The minimum Gasteiger partial charge on any atom is -0.325 e. The molecule has 102 valence electrons. The van der Waals surface area contributed by atoms with E-state index >= 15 is 0 Å². The average molecular weight is 261 g/mol. The molecule has 1 heterocycles. The Morgan fingerprint density at radius 2 is 2.21 bits per heavy atom. The maximum Gasteiger partial charge on any atom is 0.125 e. The van der Waals surface area contributed by atoms with Crippen molar-refractivity contribution in [3.63, 3.8) is 0 Å². The van der Waals surface area contributed by atoms with E-state index in [1.165, 1.54) is 25.0 Å². The van der Waals surface area contributed by atoms with Crippen LogP contribution in [0.5, 0.6) is 0 Å². The quantitative estimate of drug-likeness (QED) is 0.896. The van der Waals surface area contributed by atoms with Gasteiger partial charge in [0.25, 0.3) is 0 Å². The van der Waals surface area contributed by atoms with Crippen molar-refractivity contribution < 1.29 is 4.39 Å². The first kappa shape index (κ1) is 12.6. The molecule has 0 unspecified atom stereocenters. The van der Waals surface area contributed by atoms with Gasteiger partial charge in [0.15, 0.2) is 0 Å². The molecule has 0 spiro atoms. The van der Waals surface area contributed by atoms with Crippen molar-refractivity contribution in [2.24, 2.45) is 0 Å². The van der Waals surface area contributed by atoms with Crippen molar-refractivity contribution in [2.75, 3.05) is 6.54 Å². The van der Waals surface area contributed by atoms with Crippen LogP contribution in [0.25, 0.3) is 11.0 Å². The maximum absolute atomic E-state index is 13.3. The summed E-state index contributed by atoms with van der Waals surface area (Å²) in [5.41, 5.74) is 1.79. The van der Waals surface area contributed by atoms with Crippen LogP contribution in [0.1, 0.15) is 38.6 Å². The van der Waals surface area contributed by atoms with Gasteiger partial charge >= 0.3 is 0 Å². The van der Waals surface area contributed by atoms with Crippen LogP contribution in [0.2, 0.25) is 0 Å². The molecule has 0 radical (unpaired) electrons. The Morgan fingerprint density at radius 1 is 1.42 bits per heavy atom. The highest BCUT2D eigenvalue weighted by atomic mass is 19.1. The van der Waals surface area contributed by atoms with Crippen LogP contribution in [0.15, 0.2) is 18.2 Å². The summed E-state index contributed by atoms with van der Waals surface area (Å²) in [7, 11) is 0. The maximum atomic E-state index is 13.3. The molecule has 2 aromatic rings. The minimum atomic E-state index is -0.219. The molecule has 0 atom stereocenters. The Labute approximate surface area is 112 Å². The van der Waals surface area contributed by atoms with Crippen LogP contribution < -0.4 is 5.32 Å². The minimum absolute atomic E-state index is 0.219. The topological polar surface area (TPSA) is 29.9 Å². The van der Waals surface area contributed by atoms with Crippen molar-refractivity contribution in [2.45, 2.75) is 45.2 Å². The van der Waals surface area contributed by atoms with Crippen LogP contribution in [0.4, 0.5) is 4.39 Å². The number of benzene rings is 1. The fourth-order valence-electron chi connectivity index (χ4n) is 2.55. The second-order valence-corrected chi connectivity index (χ2v) is 5.60. The molecular formula is C15H20FN3. The van der Waals surface area contributed by atoms with Gasteiger partial charge < -0.3 is 9.88 Å². The fraction of sp³-hybridized carbons (Fsp3) is 0.533. The van der Waals surface area contributed by atoms with Gasteiger partial charge in [-0.05, 0) is 38.8 Å². The zero-order valence-electron chi connectivity index (χ0n) is 11.5. The van der Waals surface area contributed by atoms with E-state index < -0.39 is 0 Å². The molecule has 19 heavy (non-hydrogen) atoms. The van der Waals surface area contributed by atoms with E-state index in [-0.39, 0.29) is 5.82 Å². The zero-order valence-corrected chi connectivity index (χ0v) is 11.5. The summed E-state index contributed by atoms with van der Waals surface area (Å²) < 4.78 is 15.5. The smallest absolute Gasteiger partial charge is 0.125 e. The third kappa shape index (κ3) is 2.63. The van der Waals surface area contributed by atoms with Crippen molar-refractivity contribution in [1.82, 2.24) is 14.9 Å². The molecule has 1 aromatic carbocycles. The third-order valence-electron chi connectivity index (χ3n) is 3.60. The van der Waals surface area contributed by atoms with Gasteiger partial charge in [0.05, 0.1) is 11.0 Å². The molecule has 0 bridgehead atoms. The monoisotopic (exact) mass is 261 g/mol. The Hall–Kier alpha value is -1.42. The number of nitrogens with one attached hydrogen (secondary N) is 1. The number of hydrogen-bond acceptors (Lipinski definition) is 2. The molecule has 1 N–H and O–H groups in total. The second-order valence-electron chi connectivity index (χ2n) is 5.60. The summed E-state index contributed by atoms with van der Waals surface area (Å²) in [6.45, 7) is 5.23. The van der Waals surface area contributed by atoms with Crippen LogP contribution in [0.3, 0.4) is 0 Å². The summed E-state index contributed by atoms with van der Waals surface area (Å²) in [6.07, 6.45) is 3.49. The number of rotatable bonds is 5. The van der Waals surface area contributed by atoms with Crippen LogP contribution in [0, 0.1) is 5.82 Å². The van der Waals surface area contributed by atoms with Crippen LogP contribution in [-0.4, -0.2) is 22.1 Å². The van der Waals surface area contributed by atoms with Gasteiger partial charge in [-0.1, -0.05) is 0 Å². The Morgan fingerprint density at radius 3 is 2.89 bits per heavy atom.